The van der Waals surface area contributed by atoms with Crippen LogP contribution in [0, 0.1) is 6.92 Å². The van der Waals surface area contributed by atoms with E-state index in [0.29, 0.717) is 20.7 Å². The van der Waals surface area contributed by atoms with Gasteiger partial charge < -0.3 is 0 Å². The molecule has 0 spiro atoms. The maximum atomic E-state index is 14.0. The van der Waals surface area contributed by atoms with Gasteiger partial charge in [-0.05, 0) is 48.9 Å². The molecule has 10 heteroatoms. The number of para-hydroxylation sites is 1. The van der Waals surface area contributed by atoms with Crippen molar-refractivity contribution in [1.82, 2.24) is 10.2 Å². The molecule has 0 saturated carbocycles. The molecule has 0 fully saturated rings. The second-order valence-corrected chi connectivity index (χ2v) is 12.0. The molecule has 4 aromatic carbocycles. The molecular weight excluding hydrogens is 552 g/mol. The summed E-state index contributed by atoms with van der Waals surface area (Å²) in [5, 5.41) is 12.6. The molecule has 1 heterocycles. The van der Waals surface area contributed by atoms with Crippen molar-refractivity contribution in [2.45, 2.75) is 18.4 Å². The molecule has 0 aliphatic rings. The zero-order valence-corrected chi connectivity index (χ0v) is 23.2. The summed E-state index contributed by atoms with van der Waals surface area (Å²) in [6, 6.07) is 29.6. The van der Waals surface area contributed by atoms with Crippen LogP contribution in [0.25, 0.3) is 10.6 Å². The lowest BCUT2D eigenvalue weighted by molar-refractivity contribution is 0.102. The van der Waals surface area contributed by atoms with Gasteiger partial charge in [-0.2, -0.15) is 0 Å². The average molecular weight is 575 g/mol. The van der Waals surface area contributed by atoms with Gasteiger partial charge in [0.2, 0.25) is 5.13 Å². The van der Waals surface area contributed by atoms with E-state index in [9.17, 15) is 13.2 Å². The molecular formula is C29H23ClN4O3S2. The van der Waals surface area contributed by atoms with Gasteiger partial charge in [0.15, 0.2) is 0 Å². The van der Waals surface area contributed by atoms with Crippen molar-refractivity contribution < 1.29 is 13.2 Å². The Morgan fingerprint density at radius 3 is 2.26 bits per heavy atom. The third kappa shape index (κ3) is 6.01. The van der Waals surface area contributed by atoms with E-state index in [4.69, 9.17) is 11.6 Å². The van der Waals surface area contributed by atoms with Crippen LogP contribution in [0.2, 0.25) is 5.02 Å². The number of aromatic nitrogens is 2. The maximum absolute atomic E-state index is 14.0. The van der Waals surface area contributed by atoms with Crippen molar-refractivity contribution in [1.29, 1.82) is 0 Å². The van der Waals surface area contributed by atoms with Crippen LogP contribution in [0.3, 0.4) is 0 Å². The van der Waals surface area contributed by atoms with Crippen LogP contribution in [0.15, 0.2) is 108 Å². The molecule has 0 atom stereocenters. The number of nitrogens with zero attached hydrogens (tertiary/aromatic N) is 3. The van der Waals surface area contributed by atoms with Crippen molar-refractivity contribution in [2.75, 3.05) is 9.62 Å². The van der Waals surface area contributed by atoms with Crippen molar-refractivity contribution in [3.8, 4) is 10.6 Å². The third-order valence-electron chi connectivity index (χ3n) is 5.93. The van der Waals surface area contributed by atoms with Gasteiger partial charge in [-0.15, -0.1) is 10.2 Å². The summed E-state index contributed by atoms with van der Waals surface area (Å²) in [6.45, 7) is 1.88. The quantitative estimate of drug-likeness (QED) is 0.220. The molecule has 0 radical (unpaired) electrons. The Balaban J connectivity index is 1.51. The van der Waals surface area contributed by atoms with Crippen LogP contribution in [-0.2, 0) is 16.6 Å². The van der Waals surface area contributed by atoms with Crippen LogP contribution in [0.4, 0.5) is 10.8 Å². The Hall–Kier alpha value is -4.05. The first-order chi connectivity index (χ1) is 18.8. The van der Waals surface area contributed by atoms with Crippen molar-refractivity contribution in [3.63, 3.8) is 0 Å². The van der Waals surface area contributed by atoms with Gasteiger partial charge in [0.05, 0.1) is 22.7 Å². The first-order valence-electron chi connectivity index (χ1n) is 11.9. The molecule has 0 saturated heterocycles. The third-order valence-corrected chi connectivity index (χ3v) is 8.85. The predicted molar refractivity (Wildman–Crippen MR) is 156 cm³/mol. The van der Waals surface area contributed by atoms with Gasteiger partial charge in [-0.1, -0.05) is 95.2 Å². The number of benzene rings is 4. The first kappa shape index (κ1) is 26.6. The standard InChI is InChI=1S/C29H23ClN4O3S2/c1-20-11-17-24(18-12-20)39(36,37)34(19-21-13-15-23(30)16-14-21)26-10-6-5-9-25(26)27(35)31-29-33-32-28(38-29)22-7-3-2-4-8-22/h2-18H,19H2,1H3,(H,31,33,35). The van der Waals surface area contributed by atoms with E-state index in [0.717, 1.165) is 11.1 Å². The van der Waals surface area contributed by atoms with Crippen LogP contribution >= 0.6 is 22.9 Å². The largest absolute Gasteiger partial charge is 0.296 e. The van der Waals surface area contributed by atoms with Crippen LogP contribution < -0.4 is 9.62 Å². The smallest absolute Gasteiger partial charge is 0.264 e. The number of carbonyl (C=O) groups excluding carboxylic acids is 1. The molecule has 5 aromatic rings. The van der Waals surface area contributed by atoms with Gasteiger partial charge in [-0.25, -0.2) is 8.42 Å². The van der Waals surface area contributed by atoms with Crippen molar-refractivity contribution in [3.05, 3.63) is 125 Å². The van der Waals surface area contributed by atoms with E-state index in [-0.39, 0.29) is 22.7 Å². The fourth-order valence-corrected chi connectivity index (χ4v) is 6.25. The number of halogens is 1. The first-order valence-corrected chi connectivity index (χ1v) is 14.6. The Labute approximate surface area is 235 Å². The van der Waals surface area contributed by atoms with Crippen molar-refractivity contribution in [2.24, 2.45) is 0 Å². The zero-order chi connectivity index (χ0) is 27.4. The fraction of sp³-hybridized carbons (Fsp3) is 0.0690. The molecule has 1 aromatic heterocycles. The molecule has 0 unspecified atom stereocenters. The van der Waals surface area contributed by atoms with Crippen LogP contribution in [0.5, 0.6) is 0 Å². The molecule has 7 nitrogen and oxygen atoms in total. The molecule has 39 heavy (non-hydrogen) atoms. The second kappa shape index (κ2) is 11.4. The lowest BCUT2D eigenvalue weighted by Crippen LogP contribution is -2.32. The van der Waals surface area contributed by atoms with E-state index in [1.54, 1.807) is 72.8 Å². The summed E-state index contributed by atoms with van der Waals surface area (Å²) in [5.41, 5.74) is 2.94. The number of amides is 1. The van der Waals surface area contributed by atoms with Crippen LogP contribution in [-0.4, -0.2) is 24.5 Å². The summed E-state index contributed by atoms with van der Waals surface area (Å²) >= 11 is 7.29. The van der Waals surface area contributed by atoms with Gasteiger partial charge >= 0.3 is 0 Å². The number of aryl methyl sites for hydroxylation is 1. The number of sulfonamides is 1. The summed E-state index contributed by atoms with van der Waals surface area (Å²) in [5.74, 6) is -0.499. The van der Waals surface area contributed by atoms with Crippen LogP contribution in [0.1, 0.15) is 21.5 Å². The summed E-state index contributed by atoms with van der Waals surface area (Å²) in [6.07, 6.45) is 0. The van der Waals surface area contributed by atoms with Gasteiger partial charge in [0, 0.05) is 10.6 Å². The van der Waals surface area contributed by atoms with Crippen molar-refractivity contribution >= 4 is 49.7 Å². The summed E-state index contributed by atoms with van der Waals surface area (Å²) in [4.78, 5) is 13.6. The minimum Gasteiger partial charge on any atom is -0.296 e. The fourth-order valence-electron chi connectivity index (χ4n) is 3.91. The van der Waals surface area contributed by atoms with Gasteiger partial charge in [0.1, 0.15) is 5.01 Å². The highest BCUT2D eigenvalue weighted by molar-refractivity contribution is 7.92. The normalized spacial score (nSPS) is 11.2. The Morgan fingerprint density at radius 1 is 0.872 bits per heavy atom. The topological polar surface area (TPSA) is 92.3 Å². The number of nitrogens with one attached hydrogen (secondary N) is 1. The number of carbonyl (C=O) groups is 1. The van der Waals surface area contributed by atoms with E-state index in [2.05, 4.69) is 15.5 Å². The average Bonchev–Trinajstić information content (AvgIpc) is 3.42. The van der Waals surface area contributed by atoms with Gasteiger partial charge in [-0.3, -0.25) is 14.4 Å². The predicted octanol–water partition coefficient (Wildman–Crippen LogP) is 6.81. The number of anilines is 2. The maximum Gasteiger partial charge on any atom is 0.264 e. The van der Waals surface area contributed by atoms with E-state index >= 15 is 0 Å². The lowest BCUT2D eigenvalue weighted by Gasteiger charge is -2.26. The SMILES string of the molecule is Cc1ccc(S(=O)(=O)N(Cc2ccc(Cl)cc2)c2ccccc2C(=O)Nc2nnc(-c3ccccc3)s2)cc1. The van der Waals surface area contributed by atoms with E-state index in [1.165, 1.54) is 15.6 Å². The number of hydrogen-bond donors (Lipinski definition) is 1. The lowest BCUT2D eigenvalue weighted by atomic mass is 10.1. The molecule has 1 amide bonds. The highest BCUT2D eigenvalue weighted by Crippen LogP contribution is 2.31. The Morgan fingerprint density at radius 2 is 1.54 bits per heavy atom. The number of rotatable bonds is 8. The van der Waals surface area contributed by atoms with E-state index < -0.39 is 15.9 Å². The Bertz CT molecular complexity index is 1710. The van der Waals surface area contributed by atoms with E-state index in [1.807, 2.05) is 37.3 Å². The minimum absolute atomic E-state index is 0.00532. The second-order valence-electron chi connectivity index (χ2n) is 8.70. The molecule has 5 rings (SSSR count). The van der Waals surface area contributed by atoms with Gasteiger partial charge in [0.25, 0.3) is 15.9 Å². The summed E-state index contributed by atoms with van der Waals surface area (Å²) in [7, 11) is -4.05. The molecule has 0 aliphatic heterocycles. The zero-order valence-electron chi connectivity index (χ0n) is 20.8. The number of hydrogen-bond acceptors (Lipinski definition) is 6. The molecule has 1 N–H and O–H groups in total. The monoisotopic (exact) mass is 574 g/mol. The highest BCUT2D eigenvalue weighted by Gasteiger charge is 2.29. The molecule has 0 bridgehead atoms. The highest BCUT2D eigenvalue weighted by atomic mass is 35.5. The molecule has 196 valence electrons. The Kier molecular flexibility index (Phi) is 7.74. The molecule has 0 aliphatic carbocycles. The minimum atomic E-state index is -4.05. The summed E-state index contributed by atoms with van der Waals surface area (Å²) < 4.78 is 29.2.